The Hall–Kier alpha value is -2.36. The zero-order chi connectivity index (χ0) is 25.8. The maximum Gasteiger partial charge on any atom is 0.244 e. The van der Waals surface area contributed by atoms with Crippen molar-refractivity contribution in [1.82, 2.24) is 10.2 Å². The molecule has 0 unspecified atom stereocenters. The number of nitrogens with zero attached hydrogens (tertiary/aromatic N) is 2. The molecule has 2 amide bonds. The second kappa shape index (κ2) is 10.9. The molecule has 34 heavy (non-hydrogen) atoms. The summed E-state index contributed by atoms with van der Waals surface area (Å²) in [5.41, 5.74) is 0.142. The number of nitrogens with one attached hydrogen (secondary N) is 1. The van der Waals surface area contributed by atoms with Gasteiger partial charge < -0.3 is 10.2 Å². The molecule has 2 aromatic carbocycles. The average Bonchev–Trinajstić information content (AvgIpc) is 2.69. The smallest absolute Gasteiger partial charge is 0.244 e. The summed E-state index contributed by atoms with van der Waals surface area (Å²) in [5, 5.41) is 3.00. The molecule has 0 radical (unpaired) electrons. The van der Waals surface area contributed by atoms with Gasteiger partial charge in [-0.05, 0) is 63.6 Å². The quantitative estimate of drug-likeness (QED) is 0.552. The predicted octanol–water partition coefficient (Wildman–Crippen LogP) is 4.23. The van der Waals surface area contributed by atoms with Crippen LogP contribution >= 0.6 is 23.2 Å². The largest absolute Gasteiger partial charge is 0.350 e. The fourth-order valence-electron chi connectivity index (χ4n) is 3.14. The van der Waals surface area contributed by atoms with Crippen molar-refractivity contribution < 1.29 is 22.4 Å². The van der Waals surface area contributed by atoms with E-state index in [-0.39, 0.29) is 17.3 Å². The molecule has 0 aromatic heterocycles. The molecular weight excluding hydrogens is 504 g/mol. The van der Waals surface area contributed by atoms with Crippen molar-refractivity contribution in [2.45, 2.75) is 45.8 Å². The first kappa shape index (κ1) is 27.9. The number of anilines is 1. The Morgan fingerprint density at radius 2 is 1.76 bits per heavy atom. The Morgan fingerprint density at radius 1 is 1.12 bits per heavy atom. The van der Waals surface area contributed by atoms with E-state index in [9.17, 15) is 22.4 Å². The van der Waals surface area contributed by atoms with Crippen LogP contribution in [0.25, 0.3) is 0 Å². The van der Waals surface area contributed by atoms with Crippen LogP contribution in [0.3, 0.4) is 0 Å². The molecule has 0 saturated heterocycles. The van der Waals surface area contributed by atoms with Gasteiger partial charge in [0.05, 0.1) is 17.0 Å². The number of hydrogen-bond acceptors (Lipinski definition) is 4. The zero-order valence-corrected chi connectivity index (χ0v) is 21.9. The van der Waals surface area contributed by atoms with Crippen molar-refractivity contribution in [2.24, 2.45) is 0 Å². The zero-order valence-electron chi connectivity index (χ0n) is 19.6. The summed E-state index contributed by atoms with van der Waals surface area (Å²) >= 11 is 11.9. The molecule has 2 aromatic rings. The summed E-state index contributed by atoms with van der Waals surface area (Å²) in [7, 11) is -3.95. The normalized spacial score (nSPS) is 12.7. The number of sulfonamides is 1. The molecule has 0 spiro atoms. The number of amides is 2. The van der Waals surface area contributed by atoms with Gasteiger partial charge in [-0.2, -0.15) is 0 Å². The molecule has 0 heterocycles. The third-order valence-corrected chi connectivity index (χ3v) is 6.44. The van der Waals surface area contributed by atoms with Crippen molar-refractivity contribution in [1.29, 1.82) is 0 Å². The minimum atomic E-state index is -3.95. The number of carbonyl (C=O) groups is 2. The first-order chi connectivity index (χ1) is 15.6. The van der Waals surface area contributed by atoms with Crippen LogP contribution in [-0.2, 0) is 26.2 Å². The molecule has 0 saturated carbocycles. The van der Waals surface area contributed by atoms with E-state index in [0.717, 1.165) is 22.7 Å². The number of benzene rings is 2. The highest BCUT2D eigenvalue weighted by Crippen LogP contribution is 2.25. The van der Waals surface area contributed by atoms with Crippen molar-refractivity contribution in [3.63, 3.8) is 0 Å². The number of halogens is 3. The Balaban J connectivity index is 2.43. The molecular formula is C23H28Cl2FN3O4S. The van der Waals surface area contributed by atoms with E-state index >= 15 is 0 Å². The standard InChI is InChI=1S/C23H28Cl2FN3O4S/c1-15(22(31)27-23(2,3)4)28(13-16-7-6-8-17(24)11-16)21(30)14-29(34(5,32)33)18-9-10-20(26)19(25)12-18/h6-12,15H,13-14H2,1-5H3,(H,27,31)/t15-/m1/s1. The van der Waals surface area contributed by atoms with Crippen LogP contribution in [0.5, 0.6) is 0 Å². The van der Waals surface area contributed by atoms with E-state index in [1.807, 2.05) is 20.8 Å². The molecule has 0 aliphatic carbocycles. The van der Waals surface area contributed by atoms with Crippen LogP contribution in [0.2, 0.25) is 10.0 Å². The van der Waals surface area contributed by atoms with Crippen LogP contribution in [-0.4, -0.2) is 49.5 Å². The summed E-state index contributed by atoms with van der Waals surface area (Å²) in [6.07, 6.45) is 0.925. The van der Waals surface area contributed by atoms with Crippen LogP contribution in [0, 0.1) is 5.82 Å². The van der Waals surface area contributed by atoms with E-state index in [1.165, 1.54) is 11.0 Å². The van der Waals surface area contributed by atoms with Crippen molar-refractivity contribution in [2.75, 3.05) is 17.1 Å². The van der Waals surface area contributed by atoms with Gasteiger partial charge in [0.25, 0.3) is 0 Å². The summed E-state index contributed by atoms with van der Waals surface area (Å²) in [6, 6.07) is 9.22. The second-order valence-electron chi connectivity index (χ2n) is 8.93. The lowest BCUT2D eigenvalue weighted by Gasteiger charge is -2.33. The van der Waals surface area contributed by atoms with Crippen molar-refractivity contribution in [3.05, 3.63) is 63.9 Å². The third-order valence-electron chi connectivity index (χ3n) is 4.78. The van der Waals surface area contributed by atoms with Gasteiger partial charge in [0.1, 0.15) is 18.4 Å². The fraction of sp³-hybridized carbons (Fsp3) is 0.391. The summed E-state index contributed by atoms with van der Waals surface area (Å²) < 4.78 is 39.4. The maximum absolute atomic E-state index is 13.6. The molecule has 186 valence electrons. The summed E-state index contributed by atoms with van der Waals surface area (Å²) in [4.78, 5) is 27.6. The monoisotopic (exact) mass is 531 g/mol. The molecule has 0 aliphatic heterocycles. The topological polar surface area (TPSA) is 86.8 Å². The summed E-state index contributed by atoms with van der Waals surface area (Å²) in [6.45, 7) is 6.39. The molecule has 0 bridgehead atoms. The lowest BCUT2D eigenvalue weighted by atomic mass is 10.1. The van der Waals surface area contributed by atoms with Gasteiger partial charge in [0, 0.05) is 17.1 Å². The van der Waals surface area contributed by atoms with Crippen LogP contribution in [0.15, 0.2) is 42.5 Å². The molecule has 1 atom stereocenters. The minimum absolute atomic E-state index is 0.0138. The Morgan fingerprint density at radius 3 is 2.29 bits per heavy atom. The molecule has 2 rings (SSSR count). The van der Waals surface area contributed by atoms with E-state index in [4.69, 9.17) is 23.2 Å². The van der Waals surface area contributed by atoms with Crippen LogP contribution in [0.1, 0.15) is 33.3 Å². The minimum Gasteiger partial charge on any atom is -0.350 e. The molecule has 1 N–H and O–H groups in total. The van der Waals surface area contributed by atoms with Crippen molar-refractivity contribution in [3.8, 4) is 0 Å². The van der Waals surface area contributed by atoms with E-state index < -0.39 is 45.8 Å². The van der Waals surface area contributed by atoms with Gasteiger partial charge in [-0.3, -0.25) is 13.9 Å². The van der Waals surface area contributed by atoms with E-state index in [1.54, 1.807) is 31.2 Å². The van der Waals surface area contributed by atoms with E-state index in [0.29, 0.717) is 10.6 Å². The highest BCUT2D eigenvalue weighted by Gasteiger charge is 2.31. The highest BCUT2D eigenvalue weighted by atomic mass is 35.5. The second-order valence-corrected chi connectivity index (χ2v) is 11.7. The number of carbonyl (C=O) groups excluding carboxylic acids is 2. The summed E-state index contributed by atoms with van der Waals surface area (Å²) in [5.74, 6) is -1.76. The average molecular weight is 532 g/mol. The highest BCUT2D eigenvalue weighted by molar-refractivity contribution is 7.92. The van der Waals surface area contributed by atoms with Gasteiger partial charge >= 0.3 is 0 Å². The fourth-order valence-corrected chi connectivity index (χ4v) is 4.37. The first-order valence-electron chi connectivity index (χ1n) is 10.4. The lowest BCUT2D eigenvalue weighted by Crippen LogP contribution is -2.54. The van der Waals surface area contributed by atoms with Crippen LogP contribution < -0.4 is 9.62 Å². The van der Waals surface area contributed by atoms with Gasteiger partial charge in [0.2, 0.25) is 21.8 Å². The molecule has 0 aliphatic rings. The molecule has 0 fully saturated rings. The van der Waals surface area contributed by atoms with Gasteiger partial charge in [0.15, 0.2) is 0 Å². The van der Waals surface area contributed by atoms with Crippen molar-refractivity contribution >= 4 is 50.7 Å². The Labute approximate surface area is 209 Å². The Kier molecular flexibility index (Phi) is 8.96. The number of rotatable bonds is 8. The SMILES string of the molecule is C[C@H](C(=O)NC(C)(C)C)N(Cc1cccc(Cl)c1)C(=O)CN(c1ccc(F)c(Cl)c1)S(C)(=O)=O. The van der Waals surface area contributed by atoms with Gasteiger partial charge in [-0.1, -0.05) is 35.3 Å². The van der Waals surface area contributed by atoms with Gasteiger partial charge in [-0.25, -0.2) is 12.8 Å². The van der Waals surface area contributed by atoms with Gasteiger partial charge in [-0.15, -0.1) is 0 Å². The van der Waals surface area contributed by atoms with Crippen LogP contribution in [0.4, 0.5) is 10.1 Å². The first-order valence-corrected chi connectivity index (χ1v) is 13.0. The third kappa shape index (κ3) is 7.85. The lowest BCUT2D eigenvalue weighted by molar-refractivity contribution is -0.140. The Bertz CT molecular complexity index is 1170. The molecule has 7 nitrogen and oxygen atoms in total. The maximum atomic E-state index is 13.6. The predicted molar refractivity (Wildman–Crippen MR) is 133 cm³/mol. The molecule has 11 heteroatoms. The number of hydrogen-bond donors (Lipinski definition) is 1. The van der Waals surface area contributed by atoms with E-state index in [2.05, 4.69) is 5.32 Å².